The largest absolute Gasteiger partial charge is 0.340 e. The summed E-state index contributed by atoms with van der Waals surface area (Å²) in [6.07, 6.45) is 5.33. The molecule has 2 aromatic heterocycles. The van der Waals surface area contributed by atoms with Crippen molar-refractivity contribution in [3.05, 3.63) is 110 Å². The lowest BCUT2D eigenvalue weighted by Gasteiger charge is -2.12. The van der Waals surface area contributed by atoms with Crippen LogP contribution in [0.5, 0.6) is 0 Å². The summed E-state index contributed by atoms with van der Waals surface area (Å²) in [7, 11) is 0. The van der Waals surface area contributed by atoms with E-state index >= 15 is 0 Å². The first-order chi connectivity index (χ1) is 14.7. The molecule has 0 bridgehead atoms. The lowest BCUT2D eigenvalue weighted by Crippen LogP contribution is -2.01. The Bertz CT molecular complexity index is 1180. The predicted octanol–water partition coefficient (Wildman–Crippen LogP) is 6.02. The van der Waals surface area contributed by atoms with Crippen molar-refractivity contribution in [1.82, 2.24) is 14.5 Å². The van der Waals surface area contributed by atoms with Gasteiger partial charge in [0, 0.05) is 29.6 Å². The number of aromatic nitrogens is 3. The molecule has 0 aliphatic carbocycles. The maximum atomic E-state index is 13.4. The number of halogens is 1. The van der Waals surface area contributed by atoms with Gasteiger partial charge in [0.25, 0.3) is 0 Å². The van der Waals surface area contributed by atoms with E-state index in [1.807, 2.05) is 53.1 Å². The van der Waals surface area contributed by atoms with Crippen LogP contribution in [-0.4, -0.2) is 14.5 Å². The monoisotopic (exact) mass is 396 g/mol. The average Bonchev–Trinajstić information content (AvgIpc) is 3.19. The second kappa shape index (κ2) is 8.57. The maximum Gasteiger partial charge on any atom is 0.130 e. The topological polar surface area (TPSA) is 42.7 Å². The second-order valence-corrected chi connectivity index (χ2v) is 6.79. The summed E-state index contributed by atoms with van der Waals surface area (Å²) in [5, 5.41) is 3.27. The van der Waals surface area contributed by atoms with Gasteiger partial charge < -0.3 is 9.88 Å². The second-order valence-electron chi connectivity index (χ2n) is 6.79. The third-order valence-electron chi connectivity index (χ3n) is 4.72. The highest BCUT2D eigenvalue weighted by Gasteiger charge is 2.15. The first-order valence-corrected chi connectivity index (χ1v) is 9.55. The molecule has 1 N–H and O–H groups in total. The maximum absolute atomic E-state index is 13.4. The number of allylic oxidation sites excluding steroid dienone is 1. The summed E-state index contributed by atoms with van der Waals surface area (Å²) < 4.78 is 15.4. The van der Waals surface area contributed by atoms with E-state index in [0.717, 1.165) is 33.8 Å². The molecule has 0 aliphatic heterocycles. The van der Waals surface area contributed by atoms with Crippen molar-refractivity contribution >= 4 is 11.5 Å². The fourth-order valence-electron chi connectivity index (χ4n) is 3.29. The van der Waals surface area contributed by atoms with Crippen molar-refractivity contribution in [2.24, 2.45) is 0 Å². The van der Waals surface area contributed by atoms with Crippen molar-refractivity contribution in [3.8, 4) is 22.5 Å². The van der Waals surface area contributed by atoms with E-state index in [1.54, 1.807) is 24.7 Å². The van der Waals surface area contributed by atoms with Crippen molar-refractivity contribution < 1.29 is 4.39 Å². The Hall–Kier alpha value is -3.99. The van der Waals surface area contributed by atoms with Crippen LogP contribution in [0.4, 0.5) is 10.2 Å². The van der Waals surface area contributed by atoms with Crippen molar-refractivity contribution in [2.75, 3.05) is 5.32 Å². The minimum atomic E-state index is -0.277. The number of rotatable bonds is 7. The van der Waals surface area contributed by atoms with Crippen molar-refractivity contribution in [3.63, 3.8) is 0 Å². The summed E-state index contributed by atoms with van der Waals surface area (Å²) >= 11 is 0. The Morgan fingerprint density at radius 3 is 2.50 bits per heavy atom. The van der Waals surface area contributed by atoms with E-state index < -0.39 is 0 Å². The van der Waals surface area contributed by atoms with Crippen LogP contribution in [-0.2, 0) is 6.54 Å². The molecule has 0 saturated carbocycles. The molecule has 148 valence electrons. The molecular weight excluding hydrogens is 375 g/mol. The van der Waals surface area contributed by atoms with Crippen LogP contribution in [0.1, 0.15) is 5.56 Å². The smallest absolute Gasteiger partial charge is 0.130 e. The molecule has 0 aliphatic rings. The molecule has 2 heterocycles. The molecule has 0 fully saturated rings. The van der Waals surface area contributed by atoms with Crippen LogP contribution in [0.3, 0.4) is 0 Å². The van der Waals surface area contributed by atoms with Crippen LogP contribution in [0.15, 0.2) is 98.5 Å². The molecule has 0 amide bonds. The lowest BCUT2D eigenvalue weighted by molar-refractivity contribution is 0.628. The highest BCUT2D eigenvalue weighted by atomic mass is 19.1. The van der Waals surface area contributed by atoms with Gasteiger partial charge in [-0.3, -0.25) is 0 Å². The summed E-state index contributed by atoms with van der Waals surface area (Å²) in [6.45, 7) is 8.56. The molecular formula is C25H21FN4. The van der Waals surface area contributed by atoms with Gasteiger partial charge in [-0.1, -0.05) is 43.0 Å². The standard InChI is InChI=1S/C25H21FN4/c1-3-15-30-17-28-24(20-9-11-22(26)12-10-20)25(30)21-13-14-27-23(16-21)29-18(2)19-7-5-4-6-8-19/h3-14,16-17H,1-2,15H2,(H,27,29). The average molecular weight is 396 g/mol. The van der Waals surface area contributed by atoms with Gasteiger partial charge in [0.05, 0.1) is 17.7 Å². The number of imidazole rings is 1. The molecule has 0 atom stereocenters. The molecule has 0 saturated heterocycles. The Kier molecular flexibility index (Phi) is 5.52. The zero-order valence-corrected chi connectivity index (χ0v) is 16.4. The first-order valence-electron chi connectivity index (χ1n) is 9.55. The summed E-state index contributed by atoms with van der Waals surface area (Å²) in [5.74, 6) is 0.401. The number of nitrogens with one attached hydrogen (secondary N) is 1. The molecule has 30 heavy (non-hydrogen) atoms. The van der Waals surface area contributed by atoms with E-state index in [2.05, 4.69) is 28.4 Å². The van der Waals surface area contributed by atoms with Gasteiger partial charge in [-0.2, -0.15) is 0 Å². The van der Waals surface area contributed by atoms with Gasteiger partial charge in [0.1, 0.15) is 11.6 Å². The summed E-state index contributed by atoms with van der Waals surface area (Å²) in [5.41, 5.74) is 5.22. The third-order valence-corrected chi connectivity index (χ3v) is 4.72. The Labute approximate surface area is 175 Å². The number of nitrogens with zero attached hydrogens (tertiary/aromatic N) is 3. The molecule has 2 aromatic carbocycles. The Balaban J connectivity index is 1.72. The zero-order valence-electron chi connectivity index (χ0n) is 16.4. The fourth-order valence-corrected chi connectivity index (χ4v) is 3.29. The lowest BCUT2D eigenvalue weighted by atomic mass is 10.1. The van der Waals surface area contributed by atoms with Crippen molar-refractivity contribution in [2.45, 2.75) is 6.54 Å². The highest BCUT2D eigenvalue weighted by Crippen LogP contribution is 2.32. The summed E-state index contributed by atoms with van der Waals surface area (Å²) in [4.78, 5) is 9.02. The van der Waals surface area contributed by atoms with Crippen LogP contribution < -0.4 is 5.32 Å². The van der Waals surface area contributed by atoms with E-state index in [0.29, 0.717) is 12.4 Å². The predicted molar refractivity (Wildman–Crippen MR) is 120 cm³/mol. The minimum absolute atomic E-state index is 0.277. The number of benzene rings is 2. The molecule has 0 spiro atoms. The Morgan fingerprint density at radius 1 is 1.00 bits per heavy atom. The normalized spacial score (nSPS) is 10.6. The van der Waals surface area contributed by atoms with Crippen LogP contribution in [0.25, 0.3) is 28.2 Å². The molecule has 4 nitrogen and oxygen atoms in total. The van der Waals surface area contributed by atoms with Gasteiger partial charge in [-0.05, 0) is 42.0 Å². The molecule has 0 radical (unpaired) electrons. The Morgan fingerprint density at radius 2 is 1.77 bits per heavy atom. The van der Waals surface area contributed by atoms with Gasteiger partial charge in [-0.25, -0.2) is 14.4 Å². The zero-order chi connectivity index (χ0) is 20.9. The number of hydrogen-bond donors (Lipinski definition) is 1. The molecule has 4 rings (SSSR count). The fraction of sp³-hybridized carbons (Fsp3) is 0.0400. The number of anilines is 1. The van der Waals surface area contributed by atoms with Crippen LogP contribution >= 0.6 is 0 Å². The van der Waals surface area contributed by atoms with Gasteiger partial charge in [0.2, 0.25) is 0 Å². The summed E-state index contributed by atoms with van der Waals surface area (Å²) in [6, 6.07) is 20.1. The van der Waals surface area contributed by atoms with Crippen LogP contribution in [0.2, 0.25) is 0 Å². The minimum Gasteiger partial charge on any atom is -0.340 e. The highest BCUT2D eigenvalue weighted by molar-refractivity contribution is 5.81. The van der Waals surface area contributed by atoms with E-state index in [9.17, 15) is 4.39 Å². The van der Waals surface area contributed by atoms with E-state index in [-0.39, 0.29) is 5.82 Å². The molecule has 5 heteroatoms. The van der Waals surface area contributed by atoms with Gasteiger partial charge in [-0.15, -0.1) is 6.58 Å². The SMILES string of the molecule is C=CCn1cnc(-c2ccc(F)cc2)c1-c1ccnc(NC(=C)c2ccccc2)c1. The third kappa shape index (κ3) is 4.05. The van der Waals surface area contributed by atoms with E-state index in [4.69, 9.17) is 0 Å². The van der Waals surface area contributed by atoms with Crippen LogP contribution in [0, 0.1) is 5.82 Å². The molecule has 0 unspecified atom stereocenters. The number of pyridine rings is 1. The van der Waals surface area contributed by atoms with Gasteiger partial charge >= 0.3 is 0 Å². The van der Waals surface area contributed by atoms with Gasteiger partial charge in [0.15, 0.2) is 0 Å². The first kappa shape index (κ1) is 19.3. The van der Waals surface area contributed by atoms with Crippen molar-refractivity contribution in [1.29, 1.82) is 0 Å². The van der Waals surface area contributed by atoms with E-state index in [1.165, 1.54) is 12.1 Å². The number of hydrogen-bond acceptors (Lipinski definition) is 3. The molecule has 4 aromatic rings. The quantitative estimate of drug-likeness (QED) is 0.389.